The van der Waals surface area contributed by atoms with Crippen molar-refractivity contribution in [1.29, 1.82) is 0 Å². The lowest BCUT2D eigenvalue weighted by Crippen LogP contribution is -2.63. The average Bonchev–Trinajstić information content (AvgIpc) is 1.77. The lowest BCUT2D eigenvalue weighted by Gasteiger charge is -2.31. The van der Waals surface area contributed by atoms with E-state index in [1.54, 1.807) is 55.5 Å². The largest absolute Gasteiger partial charge is 0.508 e. The molecule has 2 aliphatic rings. The maximum absolute atomic E-state index is 15.4. The van der Waals surface area contributed by atoms with Crippen LogP contribution < -0.4 is 64.2 Å². The molecule has 598 valence electrons. The van der Waals surface area contributed by atoms with Crippen LogP contribution in [0.15, 0.2) is 85.2 Å². The molecule has 15 atom stereocenters. The van der Waals surface area contributed by atoms with Gasteiger partial charge in [0.05, 0.1) is 44.9 Å². The summed E-state index contributed by atoms with van der Waals surface area (Å²) in [5.41, 5.74) is 6.38. The number of carbonyl (C=O) groups excluding carboxylic acids is 13. The number of esters is 1. The number of carbonyl (C=O) groups is 17. The second kappa shape index (κ2) is 38.6. The number of nitrogens with two attached hydrogens (primary N) is 1. The smallest absolute Gasteiger partial charge is 0.470 e. The van der Waals surface area contributed by atoms with Gasteiger partial charge in [0.25, 0.3) is 5.91 Å². The van der Waals surface area contributed by atoms with Crippen LogP contribution in [-0.2, 0) is 113 Å². The number of ether oxygens (including phenoxy) is 2. The molecule has 44 heteroatoms. The number of nitrogens with one attached hydrogen (secondary N) is 13. The van der Waals surface area contributed by atoms with Gasteiger partial charge >= 0.3 is 37.7 Å². The Hall–Kier alpha value is -12.4. The van der Waals surface area contributed by atoms with E-state index in [0.29, 0.717) is 34.6 Å². The number of phenolic OH excluding ortho intramolecular Hbond substituents is 1. The van der Waals surface area contributed by atoms with Crippen LogP contribution in [0, 0.1) is 5.92 Å². The third kappa shape index (κ3) is 24.5. The first-order valence-electron chi connectivity index (χ1n) is 33.9. The lowest BCUT2D eigenvalue weighted by atomic mass is 9.95. The Balaban J connectivity index is 1.40. The molecule has 2 aliphatic heterocycles. The quantitative estimate of drug-likeness (QED) is 0.0147. The molecule has 2 fully saturated rings. The van der Waals surface area contributed by atoms with Gasteiger partial charge in [-0.25, -0.2) is 9.36 Å². The van der Waals surface area contributed by atoms with E-state index in [4.69, 9.17) is 15.2 Å². The molecule has 12 amide bonds. The molecule has 43 nitrogen and oxygen atoms in total. The van der Waals surface area contributed by atoms with Gasteiger partial charge in [-0.1, -0.05) is 68.8 Å². The number of aliphatic hydroxyl groups is 1. The minimum atomic E-state index is -6.01. The van der Waals surface area contributed by atoms with Crippen LogP contribution >= 0.6 is 7.82 Å². The highest BCUT2D eigenvalue weighted by molar-refractivity contribution is 7.46. The number of aromatic hydroxyl groups is 1. The van der Waals surface area contributed by atoms with Crippen molar-refractivity contribution in [3.05, 3.63) is 102 Å². The fourth-order valence-electron chi connectivity index (χ4n) is 11.8. The SMILES string of the molecule is CCCC1OC1C(=O)N[C@@H](CO)C(=O)NC1C(=O)N[C@H](Cc2c[nH]c3ccccc23)C(=O)N[C@@H](CC(=O)O)C(=O)N[C@@H](CC(=O)O)C(=O)N[C@H](c2ccc(O)cc2)C(=O)N[C@@H](CC(=O)O)C(=O)NCC(=O)N[C@H](C(OP(=O)(O)O)C(N)=O)C(=O)NC(C(C)CC(=O)O)C(=O)N[C@@H](Cc2c[nH]c3ccccc23)C(=O)OC1C. The molecular weight excluding hydrogens is 1500 g/mol. The highest BCUT2D eigenvalue weighted by atomic mass is 31.2. The van der Waals surface area contributed by atoms with E-state index in [0.717, 1.165) is 38.1 Å². The number of aliphatic carboxylic acids is 4. The van der Waals surface area contributed by atoms with Crippen LogP contribution in [0.5, 0.6) is 5.75 Å². The van der Waals surface area contributed by atoms with Gasteiger partial charge in [-0.2, -0.15) is 0 Å². The molecule has 111 heavy (non-hydrogen) atoms. The number of epoxide rings is 1. The highest BCUT2D eigenvalue weighted by Crippen LogP contribution is 2.38. The first kappa shape index (κ1) is 85.8. The normalized spacial score (nSPS) is 24.1. The molecule has 0 spiro atoms. The Morgan fingerprint density at radius 1 is 0.613 bits per heavy atom. The number of H-pyrrole nitrogens is 2. The number of aromatic amines is 2. The number of aromatic nitrogens is 2. The second-order valence-electron chi connectivity index (χ2n) is 25.8. The highest BCUT2D eigenvalue weighted by Gasteiger charge is 2.47. The summed E-state index contributed by atoms with van der Waals surface area (Å²) in [5, 5.41) is 85.1. The third-order valence-electron chi connectivity index (χ3n) is 17.3. The van der Waals surface area contributed by atoms with E-state index in [9.17, 15) is 107 Å². The van der Waals surface area contributed by atoms with Crippen molar-refractivity contribution in [2.45, 2.75) is 157 Å². The molecule has 0 bridgehead atoms. The van der Waals surface area contributed by atoms with Crippen molar-refractivity contribution in [1.82, 2.24) is 68.5 Å². The minimum absolute atomic E-state index is 0.197. The first-order chi connectivity index (χ1) is 52.3. The number of aliphatic hydroxyl groups excluding tert-OH is 1. The van der Waals surface area contributed by atoms with Crippen LogP contribution in [-0.4, -0.2) is 243 Å². The van der Waals surface area contributed by atoms with Crippen molar-refractivity contribution in [3.8, 4) is 5.75 Å². The molecule has 5 aromatic rings. The van der Waals surface area contributed by atoms with E-state index in [-0.39, 0.29) is 16.7 Å². The number of carboxylic acid groups (broad SMARTS) is 4. The van der Waals surface area contributed by atoms with E-state index < -0.39 is 257 Å². The predicted octanol–water partition coefficient (Wildman–Crippen LogP) is -5.52. The summed E-state index contributed by atoms with van der Waals surface area (Å²) in [6.07, 6.45) is -9.62. The second-order valence-corrected chi connectivity index (χ2v) is 27.0. The van der Waals surface area contributed by atoms with Crippen LogP contribution in [0.3, 0.4) is 0 Å². The number of hydrogen-bond acceptors (Lipinski definition) is 23. The number of fused-ring (bicyclic) bond motifs is 2. The Morgan fingerprint density at radius 2 is 1.11 bits per heavy atom. The zero-order chi connectivity index (χ0) is 81.9. The number of hydrogen-bond donors (Lipinski definition) is 22. The number of carboxylic acids is 4. The predicted molar refractivity (Wildman–Crippen MR) is 374 cm³/mol. The summed E-state index contributed by atoms with van der Waals surface area (Å²) >= 11 is 0. The molecule has 4 heterocycles. The number of cyclic esters (lactones) is 1. The van der Waals surface area contributed by atoms with Gasteiger partial charge in [-0.05, 0) is 60.2 Å². The number of para-hydroxylation sites is 2. The number of amides is 12. The number of rotatable bonds is 25. The van der Waals surface area contributed by atoms with E-state index in [2.05, 4.69) is 46.4 Å². The molecule has 7 unspecified atom stereocenters. The molecule has 3 aromatic carbocycles. The number of primary amides is 1. The van der Waals surface area contributed by atoms with E-state index in [1.807, 2.05) is 26.6 Å². The van der Waals surface area contributed by atoms with Crippen molar-refractivity contribution in [2.24, 2.45) is 11.7 Å². The van der Waals surface area contributed by atoms with Gasteiger partial charge in [0.15, 0.2) is 12.2 Å². The summed E-state index contributed by atoms with van der Waals surface area (Å²) in [6, 6.07) is -6.43. The standard InChI is InChI=1S/C67H81N14O29P/c1-4-9-44-54(109-44)66(103)77-43(27-82)61(98)80-51-29(3)108-67(104)42(20-32-25-70-37-13-8-6-11-35(32)37)76-62(99)50(28(2)18-46(85)86)79-65(102)53(55(56(68)93)110-111(105,106)107)78-45(84)26-71-57(94)39(21-47(87)88)75-64(101)52(30-14-16-33(83)17-15-30)81-60(97)41(23-49(91)92)73-59(96)40(22-48(89)90)72-58(95)38(74-63(51)100)19-31-24-69-36-12-7-5-10-34(31)36/h5-8,10-17,24-25,28-29,38-44,50-55,69-70,82-83H,4,9,18-23,26-27H2,1-3H3,(H2,68,93)(H,71,94)(H,72,95)(H,73,96)(H,74,100)(H,75,101)(H,76,99)(H,77,103)(H,78,84)(H,79,102)(H,80,98)(H,81,97)(H,85,86)(H,87,88)(H,89,90)(H,91,92)(H2,105,106,107)/t28?,29?,38-,39+,40+,41+,42+,43+,44?,50?,51?,52-,53-,54?,55?/m1/s1. The summed E-state index contributed by atoms with van der Waals surface area (Å²) < 4.78 is 28.2. The maximum Gasteiger partial charge on any atom is 0.470 e. The average molecular weight is 1580 g/mol. The lowest BCUT2D eigenvalue weighted by molar-refractivity contribution is -0.156. The van der Waals surface area contributed by atoms with Crippen LogP contribution in [0.4, 0.5) is 0 Å². The number of benzene rings is 3. The molecule has 0 saturated carbocycles. The fourth-order valence-corrected chi connectivity index (χ4v) is 12.3. The number of phosphoric acid groups is 1. The summed E-state index contributed by atoms with van der Waals surface area (Å²) in [7, 11) is -6.01. The van der Waals surface area contributed by atoms with Gasteiger partial charge in [-0.15, -0.1) is 0 Å². The van der Waals surface area contributed by atoms with Gasteiger partial charge in [0.2, 0.25) is 65.0 Å². The van der Waals surface area contributed by atoms with Gasteiger partial charge < -0.3 is 124 Å². The van der Waals surface area contributed by atoms with Crippen molar-refractivity contribution in [2.75, 3.05) is 13.2 Å². The van der Waals surface area contributed by atoms with Gasteiger partial charge in [0, 0.05) is 47.0 Å². The summed E-state index contributed by atoms with van der Waals surface area (Å²) in [6.45, 7) is 1.15. The van der Waals surface area contributed by atoms with Crippen LogP contribution in [0.25, 0.3) is 21.8 Å². The Morgan fingerprint density at radius 3 is 1.63 bits per heavy atom. The van der Waals surface area contributed by atoms with Crippen LogP contribution in [0.1, 0.15) is 82.0 Å². The van der Waals surface area contributed by atoms with Gasteiger partial charge in [-0.3, -0.25) is 81.2 Å². The zero-order valence-electron chi connectivity index (χ0n) is 59.0. The topological polar surface area (TPSA) is 690 Å². The minimum Gasteiger partial charge on any atom is -0.508 e. The molecule has 0 aliphatic carbocycles. The monoisotopic (exact) mass is 1580 g/mol. The van der Waals surface area contributed by atoms with E-state index >= 15 is 19.2 Å². The van der Waals surface area contributed by atoms with Gasteiger partial charge in [0.1, 0.15) is 72.3 Å². The zero-order valence-corrected chi connectivity index (χ0v) is 59.9. The molecular formula is C67H81N14O29P. The molecule has 2 saturated heterocycles. The fraction of sp³-hybridized carbons (Fsp3) is 0.418. The van der Waals surface area contributed by atoms with Crippen molar-refractivity contribution >= 4 is 130 Å². The summed E-state index contributed by atoms with van der Waals surface area (Å²) in [4.78, 5) is 263. The first-order valence-corrected chi connectivity index (χ1v) is 35.4. The molecule has 23 N–H and O–H groups in total. The molecule has 0 radical (unpaired) electrons. The van der Waals surface area contributed by atoms with E-state index in [1.165, 1.54) is 12.4 Å². The molecule has 2 aromatic heterocycles. The van der Waals surface area contributed by atoms with Crippen molar-refractivity contribution < 1.29 is 140 Å². The number of phosphoric ester groups is 1. The van der Waals surface area contributed by atoms with Crippen molar-refractivity contribution in [3.63, 3.8) is 0 Å². The Kier molecular flexibility index (Phi) is 29.8. The Bertz CT molecular complexity index is 4430. The Labute approximate surface area is 626 Å². The van der Waals surface area contributed by atoms with Crippen LogP contribution in [0.2, 0.25) is 0 Å². The molecule has 7 rings (SSSR count). The summed E-state index contributed by atoms with van der Waals surface area (Å²) in [5.74, 6) is -29.6. The number of phenols is 1. The maximum atomic E-state index is 15.4. The third-order valence-corrected chi connectivity index (χ3v) is 17.8.